The summed E-state index contributed by atoms with van der Waals surface area (Å²) in [6.07, 6.45) is 0. The molecule has 0 bridgehead atoms. The minimum atomic E-state index is -0.0780. The fraction of sp³-hybridized carbons (Fsp3) is 0. The lowest BCUT2D eigenvalue weighted by Gasteiger charge is -2.00. The molecule has 3 aromatic rings. The van der Waals surface area contributed by atoms with Gasteiger partial charge in [0.05, 0.1) is 16.6 Å². The van der Waals surface area contributed by atoms with Crippen molar-refractivity contribution in [3.05, 3.63) is 42.5 Å². The van der Waals surface area contributed by atoms with E-state index in [-0.39, 0.29) is 5.75 Å². The third-order valence-corrected chi connectivity index (χ3v) is 2.33. The van der Waals surface area contributed by atoms with Crippen LogP contribution in [0.15, 0.2) is 42.5 Å². The van der Waals surface area contributed by atoms with Gasteiger partial charge >= 0.3 is 0 Å². The summed E-state index contributed by atoms with van der Waals surface area (Å²) in [7, 11) is 0. The van der Waals surface area contributed by atoms with Gasteiger partial charge < -0.3 is 0 Å². The number of para-hydroxylation sites is 3. The summed E-state index contributed by atoms with van der Waals surface area (Å²) in [4.78, 5) is 8.68. The van der Waals surface area contributed by atoms with Crippen LogP contribution < -0.4 is 0 Å². The van der Waals surface area contributed by atoms with Crippen LogP contribution in [-0.4, -0.2) is 9.97 Å². The molecular weight excluding hydrogens is 188 g/mol. The lowest BCUT2D eigenvalue weighted by atomic mass is 10.2. The number of hydrogen-bond acceptors (Lipinski definition) is 2. The fourth-order valence-corrected chi connectivity index (χ4v) is 1.62. The Morgan fingerprint density at radius 2 is 1.40 bits per heavy atom. The molecule has 2 aromatic carbocycles. The average Bonchev–Trinajstić information content (AvgIpc) is 2.27. The van der Waals surface area contributed by atoms with Crippen molar-refractivity contribution in [3.8, 4) is 5.75 Å². The molecule has 3 nitrogen and oxygen atoms in total. The Morgan fingerprint density at radius 1 is 0.733 bits per heavy atom. The molecule has 1 heterocycles. The molecule has 0 spiro atoms. The zero-order valence-electron chi connectivity index (χ0n) is 7.84. The van der Waals surface area contributed by atoms with Gasteiger partial charge in [0, 0.05) is 0 Å². The fourth-order valence-electron chi connectivity index (χ4n) is 1.62. The molecular formula is C12H7N2O. The third-order valence-electron chi connectivity index (χ3n) is 2.33. The van der Waals surface area contributed by atoms with E-state index < -0.39 is 0 Å². The van der Waals surface area contributed by atoms with Gasteiger partial charge in [-0.1, -0.05) is 18.2 Å². The van der Waals surface area contributed by atoms with E-state index in [1.807, 2.05) is 24.3 Å². The normalized spacial score (nSPS) is 10.9. The second kappa shape index (κ2) is 2.92. The van der Waals surface area contributed by atoms with Gasteiger partial charge in [0.15, 0.2) is 0 Å². The van der Waals surface area contributed by atoms with Gasteiger partial charge in [-0.05, 0) is 24.3 Å². The van der Waals surface area contributed by atoms with Gasteiger partial charge in [0.1, 0.15) is 5.52 Å². The maximum absolute atomic E-state index is 11.5. The molecule has 0 unspecified atom stereocenters. The summed E-state index contributed by atoms with van der Waals surface area (Å²) in [5.41, 5.74) is 2.67. The molecule has 0 N–H and O–H groups in total. The summed E-state index contributed by atoms with van der Waals surface area (Å²) in [5, 5.41) is 11.5. The van der Waals surface area contributed by atoms with Crippen molar-refractivity contribution >= 4 is 22.1 Å². The summed E-state index contributed by atoms with van der Waals surface area (Å²) in [6, 6.07) is 12.5. The molecule has 0 amide bonds. The number of rotatable bonds is 0. The molecule has 0 saturated carbocycles. The zero-order valence-corrected chi connectivity index (χ0v) is 7.84. The highest BCUT2D eigenvalue weighted by Gasteiger charge is 2.05. The molecule has 71 valence electrons. The van der Waals surface area contributed by atoms with Crippen LogP contribution in [0.2, 0.25) is 0 Å². The van der Waals surface area contributed by atoms with E-state index in [1.54, 1.807) is 12.1 Å². The highest BCUT2D eigenvalue weighted by atomic mass is 16.3. The van der Waals surface area contributed by atoms with Crippen molar-refractivity contribution in [2.24, 2.45) is 0 Å². The van der Waals surface area contributed by atoms with Gasteiger partial charge in [0.25, 0.3) is 0 Å². The summed E-state index contributed by atoms with van der Waals surface area (Å²) >= 11 is 0. The lowest BCUT2D eigenvalue weighted by Crippen LogP contribution is -1.86. The Bertz CT molecular complexity index is 649. The summed E-state index contributed by atoms with van der Waals surface area (Å²) in [6.45, 7) is 0. The first-order valence-electron chi connectivity index (χ1n) is 4.67. The highest BCUT2D eigenvalue weighted by molar-refractivity contribution is 5.89. The topological polar surface area (TPSA) is 45.7 Å². The van der Waals surface area contributed by atoms with Crippen molar-refractivity contribution < 1.29 is 5.11 Å². The van der Waals surface area contributed by atoms with Gasteiger partial charge in [-0.2, -0.15) is 0 Å². The Labute approximate surface area is 86.0 Å². The molecule has 3 rings (SSSR count). The molecule has 0 fully saturated rings. The first kappa shape index (κ1) is 8.17. The number of benzene rings is 2. The van der Waals surface area contributed by atoms with Gasteiger partial charge in [-0.25, -0.2) is 9.97 Å². The van der Waals surface area contributed by atoms with Crippen LogP contribution in [0.4, 0.5) is 0 Å². The summed E-state index contributed by atoms with van der Waals surface area (Å²) < 4.78 is 0. The van der Waals surface area contributed by atoms with E-state index in [2.05, 4.69) is 9.97 Å². The van der Waals surface area contributed by atoms with Crippen LogP contribution in [0.1, 0.15) is 0 Å². The predicted molar refractivity (Wildman–Crippen MR) is 57.2 cm³/mol. The van der Waals surface area contributed by atoms with Crippen molar-refractivity contribution in [1.29, 1.82) is 0 Å². The van der Waals surface area contributed by atoms with Crippen LogP contribution in [-0.2, 0) is 5.11 Å². The first-order valence-corrected chi connectivity index (χ1v) is 4.67. The SMILES string of the molecule is [O]c1cccc2nc3ccccc3nc12. The molecule has 0 aliphatic rings. The molecule has 0 aliphatic carbocycles. The Balaban J connectivity index is 2.53. The Kier molecular flexibility index (Phi) is 1.59. The molecule has 0 atom stereocenters. The van der Waals surface area contributed by atoms with Crippen molar-refractivity contribution in [1.82, 2.24) is 9.97 Å². The first-order chi connectivity index (χ1) is 7.34. The molecule has 15 heavy (non-hydrogen) atoms. The van der Waals surface area contributed by atoms with E-state index in [4.69, 9.17) is 0 Å². The molecule has 0 aliphatic heterocycles. The van der Waals surface area contributed by atoms with Gasteiger partial charge in [0.2, 0.25) is 5.75 Å². The standard InChI is InChI=1S/C12H7N2O/c15-11-7-3-6-10-12(11)14-9-5-2-1-4-8(9)13-10/h1-7H. The van der Waals surface area contributed by atoms with Crippen molar-refractivity contribution in [2.75, 3.05) is 0 Å². The minimum absolute atomic E-state index is 0.0780. The van der Waals surface area contributed by atoms with Crippen LogP contribution in [0.5, 0.6) is 5.75 Å². The van der Waals surface area contributed by atoms with Gasteiger partial charge in [-0.3, -0.25) is 5.11 Å². The molecule has 1 radical (unpaired) electrons. The monoisotopic (exact) mass is 195 g/mol. The van der Waals surface area contributed by atoms with Crippen LogP contribution in [0.3, 0.4) is 0 Å². The smallest absolute Gasteiger partial charge is 0.206 e. The summed E-state index contributed by atoms with van der Waals surface area (Å²) in [5.74, 6) is -0.0780. The molecule has 3 heteroatoms. The van der Waals surface area contributed by atoms with Crippen LogP contribution >= 0.6 is 0 Å². The maximum Gasteiger partial charge on any atom is 0.206 e. The quantitative estimate of drug-likeness (QED) is 0.518. The van der Waals surface area contributed by atoms with E-state index in [9.17, 15) is 5.11 Å². The van der Waals surface area contributed by atoms with E-state index in [0.29, 0.717) is 11.0 Å². The Hall–Kier alpha value is -2.16. The number of hydrogen-bond donors (Lipinski definition) is 0. The lowest BCUT2D eigenvalue weighted by molar-refractivity contribution is 0.359. The number of nitrogens with zero attached hydrogens (tertiary/aromatic N) is 2. The molecule has 0 saturated heterocycles. The van der Waals surface area contributed by atoms with E-state index in [0.717, 1.165) is 11.0 Å². The third kappa shape index (κ3) is 1.21. The number of aromatic nitrogens is 2. The largest absolute Gasteiger partial charge is 0.287 e. The zero-order chi connectivity index (χ0) is 10.3. The average molecular weight is 195 g/mol. The Morgan fingerprint density at radius 3 is 2.20 bits per heavy atom. The molecule has 1 aromatic heterocycles. The maximum atomic E-state index is 11.5. The minimum Gasteiger partial charge on any atom is -0.287 e. The highest BCUT2D eigenvalue weighted by Crippen LogP contribution is 2.23. The van der Waals surface area contributed by atoms with E-state index in [1.165, 1.54) is 6.07 Å². The number of fused-ring (bicyclic) bond motifs is 2. The van der Waals surface area contributed by atoms with Crippen LogP contribution in [0, 0.1) is 0 Å². The van der Waals surface area contributed by atoms with Crippen LogP contribution in [0.25, 0.3) is 22.1 Å². The second-order valence-corrected chi connectivity index (χ2v) is 3.34. The van der Waals surface area contributed by atoms with E-state index >= 15 is 0 Å². The second-order valence-electron chi connectivity index (χ2n) is 3.34. The van der Waals surface area contributed by atoms with Crippen molar-refractivity contribution in [3.63, 3.8) is 0 Å². The predicted octanol–water partition coefficient (Wildman–Crippen LogP) is 2.93. The van der Waals surface area contributed by atoms with Gasteiger partial charge in [-0.15, -0.1) is 0 Å². The van der Waals surface area contributed by atoms with Crippen molar-refractivity contribution in [2.45, 2.75) is 0 Å².